The highest BCUT2D eigenvalue weighted by Crippen LogP contribution is 2.35. The van der Waals surface area contributed by atoms with E-state index in [2.05, 4.69) is 44.5 Å². The molecule has 162 valence electrons. The molecule has 1 fully saturated rings. The van der Waals surface area contributed by atoms with Gasteiger partial charge in [0, 0.05) is 48.7 Å². The second kappa shape index (κ2) is 7.67. The Morgan fingerprint density at radius 3 is 2.97 bits per heavy atom. The molecule has 4 aromatic rings. The summed E-state index contributed by atoms with van der Waals surface area (Å²) < 4.78 is 0. The molecule has 0 radical (unpaired) electrons. The van der Waals surface area contributed by atoms with Crippen LogP contribution in [0, 0.1) is 5.41 Å². The van der Waals surface area contributed by atoms with Crippen LogP contribution in [-0.2, 0) is 0 Å². The van der Waals surface area contributed by atoms with E-state index in [9.17, 15) is 9.59 Å². The fraction of sp³-hybridized carbons (Fsp3) is 0.304. The van der Waals surface area contributed by atoms with Gasteiger partial charge >= 0.3 is 0 Å². The normalized spacial score (nSPS) is 17.7. The molecule has 2 amide bonds. The van der Waals surface area contributed by atoms with E-state index in [0.29, 0.717) is 35.4 Å². The Hall–Kier alpha value is -3.88. The zero-order valence-corrected chi connectivity index (χ0v) is 17.9. The van der Waals surface area contributed by atoms with E-state index in [-0.39, 0.29) is 23.3 Å². The van der Waals surface area contributed by atoms with Crippen LogP contribution in [0.2, 0.25) is 0 Å². The molecule has 0 bridgehead atoms. The number of nitrogens with zero attached hydrogens (tertiary/aromatic N) is 5. The zero-order valence-electron chi connectivity index (χ0n) is 17.9. The molecule has 2 N–H and O–H groups in total. The first-order valence-corrected chi connectivity index (χ1v) is 10.5. The minimum Gasteiger partial charge on any atom is -0.350 e. The molecule has 0 unspecified atom stereocenters. The van der Waals surface area contributed by atoms with Crippen LogP contribution in [0.15, 0.2) is 48.9 Å². The molecular weight excluding hydrogens is 406 g/mol. The summed E-state index contributed by atoms with van der Waals surface area (Å²) in [7, 11) is 0. The highest BCUT2D eigenvalue weighted by molar-refractivity contribution is 6.07. The maximum atomic E-state index is 13.5. The number of aromatic amines is 1. The first kappa shape index (κ1) is 20.0. The standard InChI is InChI=1S/C23H23N7O2/c1-23(2)9-16(11-26-21(31)15-8-19-20(25-10-15)28-29-27-19)30(13-23)22(32)17-5-3-4-14-6-7-24-12-18(14)17/h3-8,10,12,16H,9,11,13H2,1-2H3,(H,26,31)(H,25,27,28,29)/t16-/m0/s1. The van der Waals surface area contributed by atoms with Gasteiger partial charge in [-0.25, -0.2) is 4.98 Å². The predicted molar refractivity (Wildman–Crippen MR) is 119 cm³/mol. The fourth-order valence-corrected chi connectivity index (χ4v) is 4.45. The van der Waals surface area contributed by atoms with Gasteiger partial charge in [-0.1, -0.05) is 26.0 Å². The summed E-state index contributed by atoms with van der Waals surface area (Å²) in [5.74, 6) is -0.298. The molecule has 1 saturated heterocycles. The van der Waals surface area contributed by atoms with Crippen LogP contribution >= 0.6 is 0 Å². The van der Waals surface area contributed by atoms with Crippen molar-refractivity contribution in [2.75, 3.05) is 13.1 Å². The van der Waals surface area contributed by atoms with E-state index in [1.807, 2.05) is 29.2 Å². The van der Waals surface area contributed by atoms with Gasteiger partial charge in [-0.05, 0) is 35.4 Å². The van der Waals surface area contributed by atoms with Crippen LogP contribution < -0.4 is 5.32 Å². The first-order chi connectivity index (χ1) is 15.4. The fourth-order valence-electron chi connectivity index (χ4n) is 4.45. The smallest absolute Gasteiger partial charge is 0.254 e. The van der Waals surface area contributed by atoms with Gasteiger partial charge in [-0.15, -0.1) is 5.10 Å². The average Bonchev–Trinajstić information content (AvgIpc) is 3.39. The number of pyridine rings is 2. The summed E-state index contributed by atoms with van der Waals surface area (Å²) >= 11 is 0. The van der Waals surface area contributed by atoms with E-state index >= 15 is 0 Å². The van der Waals surface area contributed by atoms with Crippen LogP contribution in [0.4, 0.5) is 0 Å². The Balaban J connectivity index is 1.36. The third-order valence-corrected chi connectivity index (χ3v) is 5.94. The Labute approximate surface area is 184 Å². The summed E-state index contributed by atoms with van der Waals surface area (Å²) in [5.41, 5.74) is 1.98. The monoisotopic (exact) mass is 429 g/mol. The number of carbonyl (C=O) groups is 2. The van der Waals surface area contributed by atoms with Gasteiger partial charge in [0.15, 0.2) is 0 Å². The number of H-pyrrole nitrogens is 1. The maximum absolute atomic E-state index is 13.5. The Morgan fingerprint density at radius 2 is 2.09 bits per heavy atom. The maximum Gasteiger partial charge on any atom is 0.254 e. The molecule has 9 nitrogen and oxygen atoms in total. The van der Waals surface area contributed by atoms with Crippen molar-refractivity contribution in [2.24, 2.45) is 5.41 Å². The number of hydrogen-bond donors (Lipinski definition) is 2. The summed E-state index contributed by atoms with van der Waals surface area (Å²) in [5, 5.41) is 15.1. The lowest BCUT2D eigenvalue weighted by molar-refractivity contribution is 0.0717. The van der Waals surface area contributed by atoms with Gasteiger partial charge in [-0.2, -0.15) is 10.3 Å². The third-order valence-electron chi connectivity index (χ3n) is 5.94. The molecule has 1 aliphatic rings. The summed E-state index contributed by atoms with van der Waals surface area (Å²) in [6.07, 6.45) is 5.72. The number of amides is 2. The second-order valence-electron chi connectivity index (χ2n) is 8.96. The van der Waals surface area contributed by atoms with Crippen LogP contribution in [0.25, 0.3) is 21.9 Å². The number of benzene rings is 1. The summed E-state index contributed by atoms with van der Waals surface area (Å²) in [6.45, 7) is 5.26. The van der Waals surface area contributed by atoms with E-state index in [4.69, 9.17) is 0 Å². The number of rotatable bonds is 4. The largest absolute Gasteiger partial charge is 0.350 e. The summed E-state index contributed by atoms with van der Waals surface area (Å²) in [4.78, 5) is 36.5. The molecule has 9 heteroatoms. The van der Waals surface area contributed by atoms with Crippen molar-refractivity contribution in [2.45, 2.75) is 26.3 Å². The third kappa shape index (κ3) is 3.66. The van der Waals surface area contributed by atoms with E-state index in [1.54, 1.807) is 18.5 Å². The molecule has 5 rings (SSSR count). The van der Waals surface area contributed by atoms with E-state index < -0.39 is 0 Å². The highest BCUT2D eigenvalue weighted by atomic mass is 16.2. The Bertz CT molecular complexity index is 1320. The molecule has 4 heterocycles. The molecule has 0 aliphatic carbocycles. The summed E-state index contributed by atoms with van der Waals surface area (Å²) in [6, 6.07) is 9.13. The van der Waals surface area contributed by atoms with Gasteiger partial charge in [0.25, 0.3) is 11.8 Å². The lowest BCUT2D eigenvalue weighted by Crippen LogP contribution is -2.43. The molecular formula is C23H23N7O2. The van der Waals surface area contributed by atoms with E-state index in [0.717, 1.165) is 17.2 Å². The SMILES string of the molecule is CC1(C)C[C@@H](CNC(=O)c2cnc3n[nH]nc3c2)N(C(=O)c2cccc3ccncc23)C1. The van der Waals surface area contributed by atoms with Gasteiger partial charge in [0.2, 0.25) is 5.65 Å². The van der Waals surface area contributed by atoms with Crippen LogP contribution in [-0.4, -0.2) is 61.2 Å². The molecule has 1 aromatic carbocycles. The van der Waals surface area contributed by atoms with Gasteiger partial charge in [-0.3, -0.25) is 14.6 Å². The number of fused-ring (bicyclic) bond motifs is 2. The molecule has 32 heavy (non-hydrogen) atoms. The number of hydrogen-bond acceptors (Lipinski definition) is 6. The van der Waals surface area contributed by atoms with E-state index in [1.165, 1.54) is 6.20 Å². The van der Waals surface area contributed by atoms with Gasteiger partial charge < -0.3 is 10.2 Å². The molecule has 3 aromatic heterocycles. The van der Waals surface area contributed by atoms with Crippen molar-refractivity contribution in [3.63, 3.8) is 0 Å². The van der Waals surface area contributed by atoms with Gasteiger partial charge in [0.1, 0.15) is 5.52 Å². The Kier molecular flexibility index (Phi) is 4.80. The van der Waals surface area contributed by atoms with Crippen LogP contribution in [0.1, 0.15) is 41.0 Å². The number of carbonyl (C=O) groups excluding carboxylic acids is 2. The average molecular weight is 429 g/mol. The predicted octanol–water partition coefficient (Wildman–Crippen LogP) is 2.57. The number of likely N-dealkylation sites (tertiary alicyclic amines) is 1. The quantitative estimate of drug-likeness (QED) is 0.515. The topological polar surface area (TPSA) is 117 Å². The van der Waals surface area contributed by atoms with Crippen molar-refractivity contribution >= 4 is 33.8 Å². The molecule has 1 aliphatic heterocycles. The van der Waals surface area contributed by atoms with Gasteiger partial charge in [0.05, 0.1) is 5.56 Å². The van der Waals surface area contributed by atoms with Crippen molar-refractivity contribution in [3.05, 3.63) is 60.0 Å². The number of nitrogens with one attached hydrogen (secondary N) is 2. The molecule has 0 spiro atoms. The Morgan fingerprint density at radius 1 is 1.22 bits per heavy atom. The van der Waals surface area contributed by atoms with Crippen molar-refractivity contribution in [1.82, 2.24) is 35.6 Å². The van der Waals surface area contributed by atoms with Crippen molar-refractivity contribution in [1.29, 1.82) is 0 Å². The van der Waals surface area contributed by atoms with Crippen molar-refractivity contribution in [3.8, 4) is 0 Å². The molecule has 1 atom stereocenters. The lowest BCUT2D eigenvalue weighted by atomic mass is 9.91. The molecule has 0 saturated carbocycles. The van der Waals surface area contributed by atoms with Crippen LogP contribution in [0.5, 0.6) is 0 Å². The minimum atomic E-state index is -0.256. The second-order valence-corrected chi connectivity index (χ2v) is 8.96. The van der Waals surface area contributed by atoms with Crippen molar-refractivity contribution < 1.29 is 9.59 Å². The first-order valence-electron chi connectivity index (χ1n) is 10.5. The highest BCUT2D eigenvalue weighted by Gasteiger charge is 2.40. The number of aromatic nitrogens is 5. The lowest BCUT2D eigenvalue weighted by Gasteiger charge is -2.26. The minimum absolute atomic E-state index is 0.0425. The zero-order chi connectivity index (χ0) is 22.3. The van der Waals surface area contributed by atoms with Crippen LogP contribution in [0.3, 0.4) is 0 Å².